The molecule has 2 aromatic carbocycles. The van der Waals surface area contributed by atoms with E-state index in [1.165, 1.54) is 0 Å². The first kappa shape index (κ1) is 18.4. The van der Waals surface area contributed by atoms with Crippen LogP contribution in [0, 0.1) is 0 Å². The van der Waals surface area contributed by atoms with Gasteiger partial charge in [-0.15, -0.1) is 0 Å². The Labute approximate surface area is 164 Å². The van der Waals surface area contributed by atoms with E-state index < -0.39 is 0 Å². The van der Waals surface area contributed by atoms with Gasteiger partial charge in [-0.2, -0.15) is 0 Å². The number of ether oxygens (including phenoxy) is 1. The molecule has 5 nitrogen and oxygen atoms in total. The van der Waals surface area contributed by atoms with Crippen LogP contribution >= 0.6 is 0 Å². The number of imidazole rings is 1. The third kappa shape index (κ3) is 3.71. The van der Waals surface area contributed by atoms with Crippen molar-refractivity contribution in [2.75, 3.05) is 6.61 Å². The SMILES string of the molecule is CCCCc1nc2cnc3cc(OCc4ccccc4)ccc3c2n1CCO. The lowest BCUT2D eigenvalue weighted by atomic mass is 10.2. The number of aromatic nitrogens is 3. The summed E-state index contributed by atoms with van der Waals surface area (Å²) in [6, 6.07) is 16.1. The van der Waals surface area contributed by atoms with Crippen molar-refractivity contribution in [3.63, 3.8) is 0 Å². The minimum Gasteiger partial charge on any atom is -0.489 e. The molecule has 4 rings (SSSR count). The van der Waals surface area contributed by atoms with Crippen LogP contribution in [0.4, 0.5) is 0 Å². The number of aliphatic hydroxyl groups is 1. The molecule has 0 aliphatic heterocycles. The van der Waals surface area contributed by atoms with Gasteiger partial charge in [0, 0.05) is 24.4 Å². The molecule has 2 aromatic heterocycles. The maximum Gasteiger partial charge on any atom is 0.122 e. The molecule has 0 saturated heterocycles. The van der Waals surface area contributed by atoms with Crippen LogP contribution in [0.1, 0.15) is 31.2 Å². The van der Waals surface area contributed by atoms with E-state index in [1.54, 1.807) is 0 Å². The minimum atomic E-state index is 0.0900. The van der Waals surface area contributed by atoms with Gasteiger partial charge in [-0.3, -0.25) is 4.98 Å². The fraction of sp³-hybridized carbons (Fsp3) is 0.304. The standard InChI is InChI=1S/C23H25N3O2/c1-2-3-9-22-25-21-15-24-20-14-18(28-16-17-7-5-4-6-8-17)10-11-19(20)23(21)26(22)12-13-27/h4-8,10-11,14-15,27H,2-3,9,12-13,16H2,1H3. The summed E-state index contributed by atoms with van der Waals surface area (Å²) in [6.45, 7) is 3.33. The van der Waals surface area contributed by atoms with E-state index in [9.17, 15) is 5.11 Å². The number of nitrogens with zero attached hydrogens (tertiary/aromatic N) is 3. The van der Waals surface area contributed by atoms with Crippen molar-refractivity contribution >= 4 is 21.9 Å². The predicted octanol–water partition coefficient (Wildman–Crippen LogP) is 4.50. The van der Waals surface area contributed by atoms with Crippen LogP contribution in [0.5, 0.6) is 5.75 Å². The highest BCUT2D eigenvalue weighted by Gasteiger charge is 2.14. The van der Waals surface area contributed by atoms with Gasteiger partial charge < -0.3 is 14.4 Å². The fourth-order valence-electron chi connectivity index (χ4n) is 3.54. The van der Waals surface area contributed by atoms with E-state index in [-0.39, 0.29) is 6.61 Å². The molecule has 4 aromatic rings. The Morgan fingerprint density at radius 3 is 2.71 bits per heavy atom. The quantitative estimate of drug-likeness (QED) is 0.493. The average Bonchev–Trinajstić information content (AvgIpc) is 3.09. The first-order valence-electron chi connectivity index (χ1n) is 9.85. The second-order valence-electron chi connectivity index (χ2n) is 6.95. The topological polar surface area (TPSA) is 60.2 Å². The summed E-state index contributed by atoms with van der Waals surface area (Å²) in [4.78, 5) is 9.38. The normalized spacial score (nSPS) is 11.4. The third-order valence-electron chi connectivity index (χ3n) is 4.95. The summed E-state index contributed by atoms with van der Waals surface area (Å²) in [6.07, 6.45) is 4.92. The summed E-state index contributed by atoms with van der Waals surface area (Å²) in [5.74, 6) is 1.81. The van der Waals surface area contributed by atoms with Crippen LogP contribution in [0.3, 0.4) is 0 Å². The van der Waals surface area contributed by atoms with Crippen LogP contribution in [-0.2, 0) is 19.6 Å². The maximum atomic E-state index is 9.56. The molecule has 1 N–H and O–H groups in total. The van der Waals surface area contributed by atoms with Gasteiger partial charge in [0.25, 0.3) is 0 Å². The summed E-state index contributed by atoms with van der Waals surface area (Å²) in [5, 5.41) is 10.6. The molecule has 144 valence electrons. The van der Waals surface area contributed by atoms with Crippen molar-refractivity contribution in [3.8, 4) is 5.75 Å². The number of aliphatic hydroxyl groups excluding tert-OH is 1. The summed E-state index contributed by atoms with van der Waals surface area (Å²) >= 11 is 0. The molecule has 0 bridgehead atoms. The van der Waals surface area contributed by atoms with Crippen LogP contribution in [0.15, 0.2) is 54.7 Å². The van der Waals surface area contributed by atoms with Crippen molar-refractivity contribution in [2.45, 2.75) is 39.3 Å². The molecule has 0 amide bonds. The maximum absolute atomic E-state index is 9.56. The number of hydrogen-bond donors (Lipinski definition) is 1. The number of benzene rings is 2. The molecule has 0 radical (unpaired) electrons. The Bertz CT molecular complexity index is 1070. The molecule has 0 saturated carbocycles. The van der Waals surface area contributed by atoms with Crippen molar-refractivity contribution in [3.05, 3.63) is 66.1 Å². The molecule has 0 unspecified atom stereocenters. The minimum absolute atomic E-state index is 0.0900. The largest absolute Gasteiger partial charge is 0.489 e. The zero-order valence-corrected chi connectivity index (χ0v) is 16.1. The number of unbranched alkanes of at least 4 members (excludes halogenated alkanes) is 1. The van der Waals surface area contributed by atoms with E-state index in [0.29, 0.717) is 13.2 Å². The van der Waals surface area contributed by atoms with Gasteiger partial charge in [-0.25, -0.2) is 4.98 Å². The molecule has 0 aliphatic carbocycles. The van der Waals surface area contributed by atoms with Crippen LogP contribution < -0.4 is 4.74 Å². The molecule has 5 heteroatoms. The Hall–Kier alpha value is -2.92. The molecular weight excluding hydrogens is 350 g/mol. The van der Waals surface area contributed by atoms with Gasteiger partial charge in [0.2, 0.25) is 0 Å². The lowest BCUT2D eigenvalue weighted by Gasteiger charge is -2.10. The van der Waals surface area contributed by atoms with Gasteiger partial charge in [-0.1, -0.05) is 43.7 Å². The zero-order valence-electron chi connectivity index (χ0n) is 16.1. The van der Waals surface area contributed by atoms with E-state index in [2.05, 4.69) is 16.5 Å². The van der Waals surface area contributed by atoms with E-state index in [4.69, 9.17) is 9.72 Å². The monoisotopic (exact) mass is 375 g/mol. The van der Waals surface area contributed by atoms with Crippen LogP contribution in [0.25, 0.3) is 21.9 Å². The zero-order chi connectivity index (χ0) is 19.3. The first-order valence-corrected chi connectivity index (χ1v) is 9.85. The number of rotatable bonds is 8. The smallest absolute Gasteiger partial charge is 0.122 e. The Morgan fingerprint density at radius 2 is 1.93 bits per heavy atom. The van der Waals surface area contributed by atoms with Crippen LogP contribution in [-0.4, -0.2) is 26.2 Å². The van der Waals surface area contributed by atoms with Crippen LogP contribution in [0.2, 0.25) is 0 Å². The number of aryl methyl sites for hydroxylation is 1. The van der Waals surface area contributed by atoms with Crippen molar-refractivity contribution in [2.24, 2.45) is 0 Å². The molecule has 0 spiro atoms. The average molecular weight is 375 g/mol. The molecular formula is C23H25N3O2. The molecule has 2 heterocycles. The van der Waals surface area contributed by atoms with Gasteiger partial charge in [-0.05, 0) is 24.1 Å². The van der Waals surface area contributed by atoms with Gasteiger partial charge in [0.1, 0.15) is 23.7 Å². The number of hydrogen-bond acceptors (Lipinski definition) is 4. The highest BCUT2D eigenvalue weighted by molar-refractivity contribution is 6.02. The number of pyridine rings is 1. The number of fused-ring (bicyclic) bond motifs is 3. The summed E-state index contributed by atoms with van der Waals surface area (Å²) < 4.78 is 8.08. The van der Waals surface area contributed by atoms with E-state index in [0.717, 1.165) is 58.3 Å². The Balaban J connectivity index is 1.69. The molecule has 0 aliphatic rings. The summed E-state index contributed by atoms with van der Waals surface area (Å²) in [5.41, 5.74) is 3.93. The Kier molecular flexibility index (Phi) is 5.53. The predicted molar refractivity (Wildman–Crippen MR) is 112 cm³/mol. The van der Waals surface area contributed by atoms with Gasteiger partial charge in [0.15, 0.2) is 0 Å². The Morgan fingerprint density at radius 1 is 1.07 bits per heavy atom. The van der Waals surface area contributed by atoms with Gasteiger partial charge in [0.05, 0.1) is 23.8 Å². The van der Waals surface area contributed by atoms with E-state index >= 15 is 0 Å². The summed E-state index contributed by atoms with van der Waals surface area (Å²) in [7, 11) is 0. The third-order valence-corrected chi connectivity index (χ3v) is 4.95. The highest BCUT2D eigenvalue weighted by Crippen LogP contribution is 2.28. The second-order valence-corrected chi connectivity index (χ2v) is 6.95. The highest BCUT2D eigenvalue weighted by atomic mass is 16.5. The lowest BCUT2D eigenvalue weighted by Crippen LogP contribution is -2.07. The van der Waals surface area contributed by atoms with E-state index in [1.807, 2.05) is 54.7 Å². The van der Waals surface area contributed by atoms with Gasteiger partial charge >= 0.3 is 0 Å². The molecule has 0 atom stereocenters. The van der Waals surface area contributed by atoms with Crippen molar-refractivity contribution in [1.29, 1.82) is 0 Å². The fourth-order valence-corrected chi connectivity index (χ4v) is 3.54. The first-order chi connectivity index (χ1) is 13.8. The lowest BCUT2D eigenvalue weighted by molar-refractivity contribution is 0.276. The molecule has 28 heavy (non-hydrogen) atoms. The van der Waals surface area contributed by atoms with Crippen molar-refractivity contribution < 1.29 is 9.84 Å². The second kappa shape index (κ2) is 8.40. The van der Waals surface area contributed by atoms with Crippen molar-refractivity contribution in [1.82, 2.24) is 14.5 Å². The molecule has 0 fully saturated rings.